The number of nitrogens with one attached hydrogen (secondary N) is 1. The van der Waals surface area contributed by atoms with Crippen LogP contribution in [0.25, 0.3) is 0 Å². The Kier molecular flexibility index (Phi) is 6.66. The van der Waals surface area contributed by atoms with Crippen LogP contribution in [0.5, 0.6) is 0 Å². The minimum atomic E-state index is -1.02. The fourth-order valence-electron chi connectivity index (χ4n) is 3.42. The number of anilines is 2. The number of carbonyl (C=O) groups is 2. The monoisotopic (exact) mass is 411 g/mol. The molecule has 2 aromatic carbocycles. The summed E-state index contributed by atoms with van der Waals surface area (Å²) >= 11 is 0. The highest BCUT2D eigenvalue weighted by Gasteiger charge is 2.21. The third-order valence-corrected chi connectivity index (χ3v) is 5.14. The highest BCUT2D eigenvalue weighted by molar-refractivity contribution is 5.97. The van der Waals surface area contributed by atoms with Crippen molar-refractivity contribution in [2.24, 2.45) is 0 Å². The van der Waals surface area contributed by atoms with Gasteiger partial charge in [0.1, 0.15) is 0 Å². The number of amides is 1. The number of esters is 1. The van der Waals surface area contributed by atoms with Crippen molar-refractivity contribution in [3.63, 3.8) is 0 Å². The summed E-state index contributed by atoms with van der Waals surface area (Å²) < 4.78 is 5.22. The van der Waals surface area contributed by atoms with Crippen molar-refractivity contribution in [3.05, 3.63) is 63.7 Å². The maximum absolute atomic E-state index is 12.4. The van der Waals surface area contributed by atoms with Crippen molar-refractivity contribution in [2.45, 2.75) is 39.2 Å². The van der Waals surface area contributed by atoms with Gasteiger partial charge in [-0.15, -0.1) is 0 Å². The summed E-state index contributed by atoms with van der Waals surface area (Å²) in [6.45, 7) is 5.10. The third-order valence-electron chi connectivity index (χ3n) is 5.14. The number of nitrogens with zero attached hydrogens (tertiary/aromatic N) is 2. The van der Waals surface area contributed by atoms with E-state index < -0.39 is 22.9 Å². The van der Waals surface area contributed by atoms with Gasteiger partial charge in [-0.25, -0.2) is 4.79 Å². The van der Waals surface area contributed by atoms with Gasteiger partial charge >= 0.3 is 5.97 Å². The van der Waals surface area contributed by atoms with E-state index in [4.69, 9.17) is 4.74 Å². The summed E-state index contributed by atoms with van der Waals surface area (Å²) in [4.78, 5) is 37.4. The first-order chi connectivity index (χ1) is 14.3. The molecule has 1 amide bonds. The number of benzene rings is 2. The summed E-state index contributed by atoms with van der Waals surface area (Å²) in [5.41, 5.74) is 2.17. The van der Waals surface area contributed by atoms with Gasteiger partial charge in [-0.1, -0.05) is 0 Å². The Bertz CT molecular complexity index is 936. The van der Waals surface area contributed by atoms with Crippen molar-refractivity contribution >= 4 is 28.9 Å². The lowest BCUT2D eigenvalue weighted by Gasteiger charge is -2.28. The molecule has 1 fully saturated rings. The van der Waals surface area contributed by atoms with Crippen molar-refractivity contribution in [1.29, 1.82) is 0 Å². The van der Waals surface area contributed by atoms with Crippen LogP contribution in [0.15, 0.2) is 42.5 Å². The van der Waals surface area contributed by atoms with Gasteiger partial charge in [0.25, 0.3) is 11.6 Å². The summed E-state index contributed by atoms with van der Waals surface area (Å²) in [6, 6.07) is 11.5. The topological polar surface area (TPSA) is 102 Å². The van der Waals surface area contributed by atoms with Gasteiger partial charge < -0.3 is 15.0 Å². The molecule has 1 aliphatic rings. The van der Waals surface area contributed by atoms with Crippen LogP contribution in [0, 0.1) is 17.0 Å². The first-order valence-corrected chi connectivity index (χ1v) is 9.97. The first-order valence-electron chi connectivity index (χ1n) is 9.97. The molecule has 1 heterocycles. The standard InChI is InChI=1S/C22H25N3O5/c1-15-14-17(6-11-20(15)25(28)29)22(27)30-16(2)21(26)23-18-7-9-19(10-8-18)24-12-4-3-5-13-24/h6-11,14,16H,3-5,12-13H2,1-2H3,(H,23,26)/t16-/m1/s1. The number of aryl methyl sites for hydroxylation is 1. The second-order valence-electron chi connectivity index (χ2n) is 7.39. The Morgan fingerprint density at radius 1 is 1.10 bits per heavy atom. The van der Waals surface area contributed by atoms with Crippen LogP contribution in [0.4, 0.5) is 17.1 Å². The van der Waals surface area contributed by atoms with E-state index in [2.05, 4.69) is 10.2 Å². The van der Waals surface area contributed by atoms with E-state index >= 15 is 0 Å². The molecule has 8 nitrogen and oxygen atoms in total. The molecule has 1 atom stereocenters. The second-order valence-corrected chi connectivity index (χ2v) is 7.39. The number of carbonyl (C=O) groups excluding carboxylic acids is 2. The van der Waals surface area contributed by atoms with Crippen LogP contribution in [-0.4, -0.2) is 36.0 Å². The maximum Gasteiger partial charge on any atom is 0.338 e. The number of ether oxygens (including phenoxy) is 1. The van der Waals surface area contributed by atoms with Crippen molar-refractivity contribution < 1.29 is 19.2 Å². The van der Waals surface area contributed by atoms with Gasteiger partial charge in [-0.05, 0) is 69.5 Å². The lowest BCUT2D eigenvalue weighted by Crippen LogP contribution is -2.30. The predicted molar refractivity (Wildman–Crippen MR) is 114 cm³/mol. The Labute approximate surface area is 175 Å². The molecule has 158 valence electrons. The van der Waals surface area contributed by atoms with E-state index in [1.165, 1.54) is 44.4 Å². The van der Waals surface area contributed by atoms with E-state index in [1.54, 1.807) is 6.92 Å². The van der Waals surface area contributed by atoms with Crippen LogP contribution in [0.3, 0.4) is 0 Å². The average molecular weight is 411 g/mol. The lowest BCUT2D eigenvalue weighted by molar-refractivity contribution is -0.385. The molecule has 30 heavy (non-hydrogen) atoms. The van der Waals surface area contributed by atoms with Crippen molar-refractivity contribution in [2.75, 3.05) is 23.3 Å². The van der Waals surface area contributed by atoms with Crippen LogP contribution < -0.4 is 10.2 Å². The molecular weight excluding hydrogens is 386 g/mol. The Balaban J connectivity index is 1.57. The number of rotatable bonds is 6. The summed E-state index contributed by atoms with van der Waals surface area (Å²) in [6.07, 6.45) is 2.63. The van der Waals surface area contributed by atoms with E-state index in [9.17, 15) is 19.7 Å². The van der Waals surface area contributed by atoms with Crippen molar-refractivity contribution in [1.82, 2.24) is 0 Å². The van der Waals surface area contributed by atoms with Crippen LogP contribution in [0.2, 0.25) is 0 Å². The maximum atomic E-state index is 12.4. The number of piperidine rings is 1. The first kappa shape index (κ1) is 21.3. The van der Waals surface area contributed by atoms with Gasteiger partial charge in [-0.3, -0.25) is 14.9 Å². The van der Waals surface area contributed by atoms with E-state index in [1.807, 2.05) is 24.3 Å². The number of nitro groups is 1. The van der Waals surface area contributed by atoms with Crippen LogP contribution >= 0.6 is 0 Å². The predicted octanol–water partition coefficient (Wildman–Crippen LogP) is 4.08. The quantitative estimate of drug-likeness (QED) is 0.437. The second kappa shape index (κ2) is 9.39. The molecule has 0 unspecified atom stereocenters. The zero-order chi connectivity index (χ0) is 21.7. The zero-order valence-corrected chi connectivity index (χ0v) is 17.1. The number of hydrogen-bond acceptors (Lipinski definition) is 6. The Hall–Kier alpha value is -3.42. The fraction of sp³-hybridized carbons (Fsp3) is 0.364. The third kappa shape index (κ3) is 5.14. The summed E-state index contributed by atoms with van der Waals surface area (Å²) in [5, 5.41) is 13.6. The van der Waals surface area contributed by atoms with Gasteiger partial charge in [0, 0.05) is 36.1 Å². The number of hydrogen-bond donors (Lipinski definition) is 1. The molecule has 0 aliphatic carbocycles. The number of nitro benzene ring substituents is 1. The van der Waals surface area contributed by atoms with Gasteiger partial charge in [0.15, 0.2) is 6.10 Å². The zero-order valence-electron chi connectivity index (χ0n) is 17.1. The molecule has 1 saturated heterocycles. The van der Waals surface area contributed by atoms with Crippen LogP contribution in [0.1, 0.15) is 42.1 Å². The molecule has 0 spiro atoms. The highest BCUT2D eigenvalue weighted by atomic mass is 16.6. The van der Waals surface area contributed by atoms with Gasteiger partial charge in [0.05, 0.1) is 10.5 Å². The molecule has 1 aliphatic heterocycles. The minimum absolute atomic E-state index is 0.0784. The largest absolute Gasteiger partial charge is 0.449 e. The molecule has 2 aromatic rings. The molecule has 8 heteroatoms. The Morgan fingerprint density at radius 2 is 1.77 bits per heavy atom. The van der Waals surface area contributed by atoms with Crippen LogP contribution in [-0.2, 0) is 9.53 Å². The van der Waals surface area contributed by atoms with Gasteiger partial charge in [0.2, 0.25) is 0 Å². The van der Waals surface area contributed by atoms with E-state index in [0.29, 0.717) is 11.3 Å². The lowest BCUT2D eigenvalue weighted by atomic mass is 10.1. The van der Waals surface area contributed by atoms with Gasteiger partial charge in [-0.2, -0.15) is 0 Å². The molecular formula is C22H25N3O5. The minimum Gasteiger partial charge on any atom is -0.449 e. The highest BCUT2D eigenvalue weighted by Crippen LogP contribution is 2.22. The smallest absolute Gasteiger partial charge is 0.338 e. The summed E-state index contributed by atoms with van der Waals surface area (Å²) in [5.74, 6) is -1.16. The molecule has 1 N–H and O–H groups in total. The van der Waals surface area contributed by atoms with Crippen molar-refractivity contribution in [3.8, 4) is 0 Å². The summed E-state index contributed by atoms with van der Waals surface area (Å²) in [7, 11) is 0. The normalized spacial score (nSPS) is 14.7. The fourth-order valence-corrected chi connectivity index (χ4v) is 3.42. The molecule has 3 rings (SSSR count). The average Bonchev–Trinajstić information content (AvgIpc) is 2.74. The van der Waals surface area contributed by atoms with E-state index in [-0.39, 0.29) is 11.3 Å². The Morgan fingerprint density at radius 3 is 2.37 bits per heavy atom. The molecule has 0 bridgehead atoms. The SMILES string of the molecule is Cc1cc(C(=O)O[C@H](C)C(=O)Nc2ccc(N3CCCCC3)cc2)ccc1[N+](=O)[O-]. The molecule has 0 aromatic heterocycles. The molecule has 0 radical (unpaired) electrons. The molecule has 0 saturated carbocycles. The van der Waals surface area contributed by atoms with E-state index in [0.717, 1.165) is 18.8 Å².